The summed E-state index contributed by atoms with van der Waals surface area (Å²) in [6.45, 7) is 1.98. The summed E-state index contributed by atoms with van der Waals surface area (Å²) >= 11 is 2.45. The average Bonchev–Trinajstić information content (AvgIpc) is 3.25. The molecule has 170 valence electrons. The number of methoxy groups -OCH3 is 2. The average molecular weight is 484 g/mol. The Balaban J connectivity index is 1.46. The number of amides is 1. The van der Waals surface area contributed by atoms with Crippen LogP contribution >= 0.6 is 23.1 Å². The van der Waals surface area contributed by atoms with E-state index in [4.69, 9.17) is 9.47 Å². The zero-order valence-corrected chi connectivity index (χ0v) is 19.8. The van der Waals surface area contributed by atoms with Gasteiger partial charge in [0.1, 0.15) is 5.69 Å². The summed E-state index contributed by atoms with van der Waals surface area (Å²) in [4.78, 5) is 25.5. The fraction of sp³-hybridized carbons (Fsp3) is 0.227. The standard InChI is InChI=1S/C22H21N5O4S2/c1-13-4-7-15(8-5-13)23-19(28)12-32-22-26-27-20(29)16(24-25-21(27)33-22)10-14-6-9-17(30-2)18(11-14)31-3/h4-9,11H,10,12H2,1-3H3,(H,23,28). The Morgan fingerprint density at radius 3 is 2.58 bits per heavy atom. The number of nitrogens with one attached hydrogen (secondary N) is 1. The number of thioether (sulfide) groups is 1. The van der Waals surface area contributed by atoms with Gasteiger partial charge in [-0.05, 0) is 36.8 Å². The zero-order valence-electron chi connectivity index (χ0n) is 18.2. The molecule has 0 aliphatic rings. The van der Waals surface area contributed by atoms with Crippen LogP contribution in [-0.2, 0) is 11.2 Å². The third-order valence-electron chi connectivity index (χ3n) is 4.72. The number of fused-ring (bicyclic) bond motifs is 1. The van der Waals surface area contributed by atoms with E-state index in [1.165, 1.54) is 27.6 Å². The van der Waals surface area contributed by atoms with Crippen LogP contribution < -0.4 is 20.3 Å². The van der Waals surface area contributed by atoms with Crippen LogP contribution in [0.25, 0.3) is 4.96 Å². The number of hydrogen-bond donors (Lipinski definition) is 1. The number of carbonyl (C=O) groups excluding carboxylic acids is 1. The number of ether oxygens (including phenoxy) is 2. The number of nitrogens with zero attached hydrogens (tertiary/aromatic N) is 4. The summed E-state index contributed by atoms with van der Waals surface area (Å²) in [5.74, 6) is 1.18. The molecule has 0 spiro atoms. The molecule has 0 atom stereocenters. The van der Waals surface area contributed by atoms with Crippen molar-refractivity contribution in [3.05, 3.63) is 69.6 Å². The van der Waals surface area contributed by atoms with Crippen LogP contribution in [0.5, 0.6) is 11.5 Å². The minimum absolute atomic E-state index is 0.157. The maximum Gasteiger partial charge on any atom is 0.297 e. The third kappa shape index (κ3) is 5.32. The van der Waals surface area contributed by atoms with E-state index in [1.807, 2.05) is 37.3 Å². The molecule has 2 aromatic heterocycles. The molecule has 0 aliphatic heterocycles. The maximum absolute atomic E-state index is 12.9. The summed E-state index contributed by atoms with van der Waals surface area (Å²) in [6, 6.07) is 13.0. The molecular formula is C22H21N5O4S2. The van der Waals surface area contributed by atoms with Crippen molar-refractivity contribution in [1.82, 2.24) is 19.8 Å². The summed E-state index contributed by atoms with van der Waals surface area (Å²) in [5, 5.41) is 15.4. The van der Waals surface area contributed by atoms with Gasteiger partial charge in [0.2, 0.25) is 10.9 Å². The van der Waals surface area contributed by atoms with Crippen LogP contribution in [0.3, 0.4) is 0 Å². The fourth-order valence-electron chi connectivity index (χ4n) is 3.04. The quantitative estimate of drug-likeness (QED) is 0.381. The number of benzene rings is 2. The number of rotatable bonds is 8. The number of aromatic nitrogens is 4. The van der Waals surface area contributed by atoms with Crippen molar-refractivity contribution in [1.29, 1.82) is 0 Å². The number of hydrogen-bond acceptors (Lipinski definition) is 9. The van der Waals surface area contributed by atoms with E-state index in [2.05, 4.69) is 20.6 Å². The van der Waals surface area contributed by atoms with Gasteiger partial charge < -0.3 is 14.8 Å². The highest BCUT2D eigenvalue weighted by Gasteiger charge is 2.15. The summed E-state index contributed by atoms with van der Waals surface area (Å²) in [5.41, 5.74) is 2.60. The van der Waals surface area contributed by atoms with Gasteiger partial charge in [-0.15, -0.1) is 15.3 Å². The fourth-order valence-corrected chi connectivity index (χ4v) is 4.72. The van der Waals surface area contributed by atoms with Crippen LogP contribution in [0.4, 0.5) is 5.69 Å². The lowest BCUT2D eigenvalue weighted by Crippen LogP contribution is -2.22. The van der Waals surface area contributed by atoms with E-state index >= 15 is 0 Å². The van der Waals surface area contributed by atoms with E-state index in [1.54, 1.807) is 26.4 Å². The second-order valence-electron chi connectivity index (χ2n) is 7.08. The molecule has 1 N–H and O–H groups in total. The molecule has 0 bridgehead atoms. The van der Waals surface area contributed by atoms with Gasteiger partial charge in [0.15, 0.2) is 15.8 Å². The second kappa shape index (κ2) is 10.0. The Hall–Kier alpha value is -3.44. The van der Waals surface area contributed by atoms with Gasteiger partial charge in [-0.1, -0.05) is 46.9 Å². The van der Waals surface area contributed by atoms with Gasteiger partial charge in [0.05, 0.1) is 20.0 Å². The maximum atomic E-state index is 12.9. The van der Waals surface area contributed by atoms with Crippen LogP contribution in [0.1, 0.15) is 16.8 Å². The highest BCUT2D eigenvalue weighted by molar-refractivity contribution is 8.01. The van der Waals surface area contributed by atoms with Gasteiger partial charge in [-0.2, -0.15) is 4.52 Å². The molecular weight excluding hydrogens is 462 g/mol. The monoisotopic (exact) mass is 483 g/mol. The van der Waals surface area contributed by atoms with Gasteiger partial charge in [0.25, 0.3) is 5.56 Å². The molecule has 9 nitrogen and oxygen atoms in total. The van der Waals surface area contributed by atoms with E-state index in [9.17, 15) is 9.59 Å². The van der Waals surface area contributed by atoms with Crippen LogP contribution in [-0.4, -0.2) is 45.7 Å². The predicted molar refractivity (Wildman–Crippen MR) is 128 cm³/mol. The largest absolute Gasteiger partial charge is 0.493 e. The molecule has 0 unspecified atom stereocenters. The van der Waals surface area contributed by atoms with E-state index < -0.39 is 0 Å². The van der Waals surface area contributed by atoms with Crippen LogP contribution in [0.15, 0.2) is 51.6 Å². The first-order valence-corrected chi connectivity index (χ1v) is 11.7. The Morgan fingerprint density at radius 2 is 1.85 bits per heavy atom. The van der Waals surface area contributed by atoms with Gasteiger partial charge in [-0.25, -0.2) is 0 Å². The van der Waals surface area contributed by atoms with Crippen LogP contribution in [0.2, 0.25) is 0 Å². The molecule has 4 rings (SSSR count). The summed E-state index contributed by atoms with van der Waals surface area (Å²) < 4.78 is 12.4. The molecule has 11 heteroatoms. The van der Waals surface area contributed by atoms with Crippen molar-refractivity contribution in [3.63, 3.8) is 0 Å². The smallest absolute Gasteiger partial charge is 0.297 e. The summed E-state index contributed by atoms with van der Waals surface area (Å²) in [7, 11) is 3.12. The molecule has 4 aromatic rings. The normalized spacial score (nSPS) is 10.9. The topological polar surface area (TPSA) is 108 Å². The molecule has 0 saturated heterocycles. The zero-order chi connectivity index (χ0) is 23.4. The van der Waals surface area contributed by atoms with Crippen molar-refractivity contribution in [2.75, 3.05) is 25.3 Å². The Kier molecular flexibility index (Phi) is 6.90. The predicted octanol–water partition coefficient (Wildman–Crippen LogP) is 3.19. The van der Waals surface area contributed by atoms with Crippen molar-refractivity contribution < 1.29 is 14.3 Å². The van der Waals surface area contributed by atoms with Crippen LogP contribution in [0, 0.1) is 6.92 Å². The molecule has 0 saturated carbocycles. The molecule has 2 heterocycles. The lowest BCUT2D eigenvalue weighted by molar-refractivity contribution is -0.113. The molecule has 1 amide bonds. The first-order valence-electron chi connectivity index (χ1n) is 9.92. The lowest BCUT2D eigenvalue weighted by Gasteiger charge is -2.09. The number of anilines is 1. The SMILES string of the molecule is COc1ccc(Cc2nnc3sc(SCC(=O)Nc4ccc(C)cc4)nn3c2=O)cc1OC. The Morgan fingerprint density at radius 1 is 1.09 bits per heavy atom. The summed E-state index contributed by atoms with van der Waals surface area (Å²) in [6.07, 6.45) is 0.272. The first-order chi connectivity index (χ1) is 16.0. The van der Waals surface area contributed by atoms with Crippen molar-refractivity contribution in [2.24, 2.45) is 0 Å². The molecule has 0 fully saturated rings. The van der Waals surface area contributed by atoms with Gasteiger partial charge >= 0.3 is 0 Å². The highest BCUT2D eigenvalue weighted by atomic mass is 32.2. The minimum atomic E-state index is -0.345. The number of carbonyl (C=O) groups is 1. The van der Waals surface area contributed by atoms with E-state index in [0.717, 1.165) is 16.8 Å². The van der Waals surface area contributed by atoms with Gasteiger partial charge in [-0.3, -0.25) is 9.59 Å². The second-order valence-corrected chi connectivity index (χ2v) is 9.26. The number of aryl methyl sites for hydroxylation is 1. The van der Waals surface area contributed by atoms with E-state index in [0.29, 0.717) is 20.8 Å². The third-order valence-corrected chi connectivity index (χ3v) is 6.75. The van der Waals surface area contributed by atoms with Gasteiger partial charge in [0, 0.05) is 12.1 Å². The first kappa shape index (κ1) is 22.7. The Labute approximate surface area is 197 Å². The van der Waals surface area contributed by atoms with Crippen molar-refractivity contribution in [3.8, 4) is 11.5 Å². The molecule has 2 aromatic carbocycles. The molecule has 0 radical (unpaired) electrons. The van der Waals surface area contributed by atoms with Crippen molar-refractivity contribution >= 4 is 39.7 Å². The van der Waals surface area contributed by atoms with Crippen molar-refractivity contribution in [2.45, 2.75) is 17.7 Å². The molecule has 33 heavy (non-hydrogen) atoms. The lowest BCUT2D eigenvalue weighted by atomic mass is 10.1. The van der Waals surface area contributed by atoms with E-state index in [-0.39, 0.29) is 29.3 Å². The Bertz CT molecular complexity index is 1350. The molecule has 0 aliphatic carbocycles. The minimum Gasteiger partial charge on any atom is -0.493 e. The highest BCUT2D eigenvalue weighted by Crippen LogP contribution is 2.28.